The number of hydrogen-bond acceptors (Lipinski definition) is 3. The van der Waals surface area contributed by atoms with Crippen molar-refractivity contribution in [3.05, 3.63) is 29.3 Å². The molecule has 1 aliphatic carbocycles. The van der Waals surface area contributed by atoms with E-state index in [4.69, 9.17) is 0 Å². The van der Waals surface area contributed by atoms with Gasteiger partial charge in [0.25, 0.3) is 0 Å². The number of benzene rings is 1. The van der Waals surface area contributed by atoms with Crippen LogP contribution in [-0.2, 0) is 23.1 Å². The highest BCUT2D eigenvalue weighted by Crippen LogP contribution is 2.51. The van der Waals surface area contributed by atoms with E-state index in [1.165, 1.54) is 0 Å². The smallest absolute Gasteiger partial charge is 0.240 e. The number of sulfonamides is 1. The van der Waals surface area contributed by atoms with E-state index >= 15 is 0 Å². The minimum Gasteiger partial charge on any atom is -0.392 e. The molecule has 2 rings (SSSR count). The van der Waals surface area contributed by atoms with Crippen LogP contribution in [0.5, 0.6) is 0 Å². The van der Waals surface area contributed by atoms with Crippen LogP contribution in [0.3, 0.4) is 0 Å². The lowest BCUT2D eigenvalue weighted by atomic mass is 9.93. The summed E-state index contributed by atoms with van der Waals surface area (Å²) in [6.45, 7) is 6.63. The molecule has 1 aliphatic rings. The van der Waals surface area contributed by atoms with Crippen LogP contribution in [0.25, 0.3) is 0 Å². The van der Waals surface area contributed by atoms with Gasteiger partial charge in [0.1, 0.15) is 0 Å². The second-order valence-corrected chi connectivity index (χ2v) is 8.05. The lowest BCUT2D eigenvalue weighted by Crippen LogP contribution is -2.32. The van der Waals surface area contributed by atoms with Crippen molar-refractivity contribution in [3.8, 4) is 0 Å². The van der Waals surface area contributed by atoms with Crippen LogP contribution >= 0.6 is 0 Å². The van der Waals surface area contributed by atoms with Crippen molar-refractivity contribution in [1.82, 2.24) is 4.72 Å². The Hall–Kier alpha value is -0.910. The summed E-state index contributed by atoms with van der Waals surface area (Å²) in [6, 6.07) is 4.99. The zero-order valence-corrected chi connectivity index (χ0v) is 13.8. The Balaban J connectivity index is 2.16. The van der Waals surface area contributed by atoms with E-state index in [-0.39, 0.29) is 16.9 Å². The van der Waals surface area contributed by atoms with Crippen molar-refractivity contribution >= 4 is 10.0 Å². The molecule has 0 radical (unpaired) electrons. The Morgan fingerprint density at radius 3 is 2.43 bits per heavy atom. The number of nitrogens with one attached hydrogen (secondary N) is 1. The molecule has 118 valence electrons. The summed E-state index contributed by atoms with van der Waals surface area (Å²) in [4.78, 5) is 0.239. The lowest BCUT2D eigenvalue weighted by Gasteiger charge is -2.20. The average Bonchev–Trinajstić information content (AvgIpc) is 3.25. The monoisotopic (exact) mass is 311 g/mol. The van der Waals surface area contributed by atoms with Crippen molar-refractivity contribution in [2.75, 3.05) is 6.54 Å². The standard InChI is InChI=1S/C16H25NO3S/c1-4-13-5-6-15(9-14(13)10-18)21(19,20)17-11-16(7-8-16)12(2)3/h5-6,9,12,17-18H,4,7-8,10-11H2,1-3H3. The quantitative estimate of drug-likeness (QED) is 0.813. The minimum atomic E-state index is -3.51. The molecule has 1 saturated carbocycles. The zero-order valence-electron chi connectivity index (χ0n) is 13.0. The van der Waals surface area contributed by atoms with Crippen LogP contribution < -0.4 is 4.72 Å². The van der Waals surface area contributed by atoms with E-state index in [0.29, 0.717) is 18.0 Å². The molecule has 1 aromatic carbocycles. The molecule has 0 amide bonds. The Morgan fingerprint density at radius 1 is 1.29 bits per heavy atom. The summed E-state index contributed by atoms with van der Waals surface area (Å²) >= 11 is 0. The van der Waals surface area contributed by atoms with Gasteiger partial charge in [-0.15, -0.1) is 0 Å². The first-order valence-corrected chi connectivity index (χ1v) is 9.05. The van der Waals surface area contributed by atoms with Crippen molar-refractivity contribution in [2.45, 2.75) is 51.5 Å². The van der Waals surface area contributed by atoms with E-state index in [2.05, 4.69) is 18.6 Å². The van der Waals surface area contributed by atoms with Gasteiger partial charge in [-0.05, 0) is 53.9 Å². The van der Waals surface area contributed by atoms with Gasteiger partial charge in [0.05, 0.1) is 11.5 Å². The van der Waals surface area contributed by atoms with Crippen molar-refractivity contribution in [1.29, 1.82) is 0 Å². The van der Waals surface area contributed by atoms with Crippen LogP contribution in [0.15, 0.2) is 23.1 Å². The van der Waals surface area contributed by atoms with Gasteiger partial charge < -0.3 is 5.11 Å². The van der Waals surface area contributed by atoms with Crippen LogP contribution in [0.2, 0.25) is 0 Å². The summed E-state index contributed by atoms with van der Waals surface area (Å²) in [7, 11) is -3.51. The van der Waals surface area contributed by atoms with Crippen molar-refractivity contribution in [3.63, 3.8) is 0 Å². The molecule has 4 nitrogen and oxygen atoms in total. The second kappa shape index (κ2) is 6.07. The third kappa shape index (κ3) is 3.47. The number of aliphatic hydroxyl groups is 1. The summed E-state index contributed by atoms with van der Waals surface area (Å²) in [6.07, 6.45) is 2.95. The van der Waals surface area contributed by atoms with E-state index in [0.717, 1.165) is 24.8 Å². The van der Waals surface area contributed by atoms with Crippen LogP contribution in [0.1, 0.15) is 44.7 Å². The number of hydrogen-bond donors (Lipinski definition) is 2. The molecule has 21 heavy (non-hydrogen) atoms. The van der Waals surface area contributed by atoms with Gasteiger partial charge in [0.15, 0.2) is 0 Å². The summed E-state index contributed by atoms with van der Waals surface area (Å²) in [5.41, 5.74) is 1.80. The third-order valence-corrected chi connectivity index (χ3v) is 6.17. The fraction of sp³-hybridized carbons (Fsp3) is 0.625. The second-order valence-electron chi connectivity index (χ2n) is 6.28. The van der Waals surface area contributed by atoms with Crippen molar-refractivity contribution in [2.24, 2.45) is 11.3 Å². The predicted molar refractivity (Wildman–Crippen MR) is 83.4 cm³/mol. The van der Waals surface area contributed by atoms with Gasteiger partial charge in [-0.3, -0.25) is 0 Å². The third-order valence-electron chi connectivity index (χ3n) is 4.77. The topological polar surface area (TPSA) is 66.4 Å². The van der Waals surface area contributed by atoms with Gasteiger partial charge in [-0.2, -0.15) is 0 Å². The van der Waals surface area contributed by atoms with E-state index in [9.17, 15) is 13.5 Å². The van der Waals surface area contributed by atoms with E-state index < -0.39 is 10.0 Å². The largest absolute Gasteiger partial charge is 0.392 e. The summed E-state index contributed by atoms with van der Waals surface area (Å²) in [5.74, 6) is 0.482. The molecule has 0 atom stereocenters. The SMILES string of the molecule is CCc1ccc(S(=O)(=O)NCC2(C(C)C)CC2)cc1CO. The number of aryl methyl sites for hydroxylation is 1. The molecule has 1 aromatic rings. The molecule has 0 aromatic heterocycles. The average molecular weight is 311 g/mol. The molecule has 5 heteroatoms. The summed E-state index contributed by atoms with van der Waals surface area (Å²) in [5, 5.41) is 9.37. The Bertz CT molecular complexity index is 604. The molecule has 0 aliphatic heterocycles. The maximum atomic E-state index is 12.4. The maximum Gasteiger partial charge on any atom is 0.240 e. The van der Waals surface area contributed by atoms with Gasteiger partial charge in [-0.25, -0.2) is 13.1 Å². The van der Waals surface area contributed by atoms with Crippen LogP contribution in [0.4, 0.5) is 0 Å². The Kier molecular flexibility index (Phi) is 4.76. The lowest BCUT2D eigenvalue weighted by molar-refractivity contribution is 0.280. The Labute approximate surface area is 127 Å². The summed E-state index contributed by atoms with van der Waals surface area (Å²) < 4.78 is 27.5. The molecule has 0 spiro atoms. The first-order chi connectivity index (χ1) is 9.84. The van der Waals surface area contributed by atoms with Gasteiger partial charge >= 0.3 is 0 Å². The first-order valence-electron chi connectivity index (χ1n) is 7.57. The highest BCUT2D eigenvalue weighted by molar-refractivity contribution is 7.89. The highest BCUT2D eigenvalue weighted by atomic mass is 32.2. The molecule has 0 unspecified atom stereocenters. The molecule has 0 saturated heterocycles. The normalized spacial score (nSPS) is 17.2. The van der Waals surface area contributed by atoms with Gasteiger partial charge in [0, 0.05) is 6.54 Å². The van der Waals surface area contributed by atoms with Crippen LogP contribution in [0, 0.1) is 11.3 Å². The fourth-order valence-electron chi connectivity index (χ4n) is 2.70. The molecule has 1 fully saturated rings. The van der Waals surface area contributed by atoms with Crippen molar-refractivity contribution < 1.29 is 13.5 Å². The number of aliphatic hydroxyl groups excluding tert-OH is 1. The molecule has 0 bridgehead atoms. The van der Waals surface area contributed by atoms with E-state index in [1.54, 1.807) is 18.2 Å². The minimum absolute atomic E-state index is 0.135. The Morgan fingerprint density at radius 2 is 1.95 bits per heavy atom. The predicted octanol–water partition coefficient (Wildman–Crippen LogP) is 2.46. The molecule has 0 heterocycles. The van der Waals surface area contributed by atoms with E-state index in [1.807, 2.05) is 6.92 Å². The fourth-order valence-corrected chi connectivity index (χ4v) is 3.89. The zero-order chi connectivity index (χ0) is 15.7. The maximum absolute atomic E-state index is 12.4. The van der Waals surface area contributed by atoms with Gasteiger partial charge in [0.2, 0.25) is 10.0 Å². The highest BCUT2D eigenvalue weighted by Gasteiger charge is 2.45. The first kappa shape index (κ1) is 16.5. The van der Waals surface area contributed by atoms with Crippen LogP contribution in [-0.4, -0.2) is 20.1 Å². The van der Waals surface area contributed by atoms with Gasteiger partial charge in [-0.1, -0.05) is 26.8 Å². The molecular weight excluding hydrogens is 286 g/mol. The molecular formula is C16H25NO3S. The number of rotatable bonds is 7. The molecule has 2 N–H and O–H groups in total.